The van der Waals surface area contributed by atoms with Crippen LogP contribution in [0.25, 0.3) is 0 Å². The third-order valence-corrected chi connectivity index (χ3v) is 5.40. The van der Waals surface area contributed by atoms with Gasteiger partial charge in [-0.2, -0.15) is 11.8 Å². The molecule has 1 rings (SSSR count). The number of carbonyl (C=O) groups is 1. The maximum atomic E-state index is 12.2. The summed E-state index contributed by atoms with van der Waals surface area (Å²) in [4.78, 5) is 18.9. The summed E-state index contributed by atoms with van der Waals surface area (Å²) in [7, 11) is 1.91. The molecule has 0 aliphatic carbocycles. The molecule has 0 atom stereocenters. The zero-order chi connectivity index (χ0) is 18.9. The van der Waals surface area contributed by atoms with E-state index in [1.807, 2.05) is 51.4 Å². The van der Waals surface area contributed by atoms with Crippen molar-refractivity contribution in [1.82, 2.24) is 15.5 Å². The van der Waals surface area contributed by atoms with Gasteiger partial charge in [0.25, 0.3) is 0 Å². The Bertz CT molecular complexity index is 437. The Morgan fingerprint density at radius 1 is 1.28 bits per heavy atom. The molecule has 1 amide bonds. The van der Waals surface area contributed by atoms with Crippen molar-refractivity contribution >= 4 is 23.6 Å². The lowest BCUT2D eigenvalue weighted by atomic mass is 9.99. The van der Waals surface area contributed by atoms with Crippen molar-refractivity contribution in [2.24, 2.45) is 4.99 Å². The average molecular weight is 373 g/mol. The summed E-state index contributed by atoms with van der Waals surface area (Å²) < 4.78 is 5.69. The highest BCUT2D eigenvalue weighted by atomic mass is 32.2. The third kappa shape index (κ3) is 8.31. The molecule has 0 radical (unpaired) electrons. The van der Waals surface area contributed by atoms with Crippen LogP contribution >= 0.6 is 11.8 Å². The minimum atomic E-state index is -0.225. The second kappa shape index (κ2) is 10.3. The molecule has 0 aromatic heterocycles. The monoisotopic (exact) mass is 372 g/mol. The van der Waals surface area contributed by atoms with Crippen LogP contribution in [-0.2, 0) is 9.53 Å². The molecule has 1 fully saturated rings. The summed E-state index contributed by atoms with van der Waals surface area (Å²) in [5.41, 5.74) is -0.225. The molecule has 25 heavy (non-hydrogen) atoms. The van der Waals surface area contributed by atoms with E-state index in [9.17, 15) is 4.79 Å². The van der Waals surface area contributed by atoms with Gasteiger partial charge in [-0.1, -0.05) is 6.92 Å². The van der Waals surface area contributed by atoms with Gasteiger partial charge in [-0.15, -0.1) is 0 Å². The molecule has 0 aromatic carbocycles. The standard InChI is InChI=1S/C18H36N4O2S/c1-7-19-16(22(6)13-15(23)21-17(3,4)5)20-14-18(25-8-2)9-11-24-12-10-18/h7-14H2,1-6H3,(H,19,20)(H,21,23). The maximum Gasteiger partial charge on any atom is 0.240 e. The van der Waals surface area contributed by atoms with Crippen LogP contribution in [0, 0.1) is 0 Å². The lowest BCUT2D eigenvalue weighted by Crippen LogP contribution is -2.49. The number of hydrogen-bond acceptors (Lipinski definition) is 4. The lowest BCUT2D eigenvalue weighted by Gasteiger charge is -2.35. The van der Waals surface area contributed by atoms with Crippen molar-refractivity contribution in [2.45, 2.75) is 57.7 Å². The first-order valence-corrected chi connectivity index (χ1v) is 10.2. The Morgan fingerprint density at radius 3 is 2.44 bits per heavy atom. The number of ether oxygens (including phenoxy) is 1. The van der Waals surface area contributed by atoms with Gasteiger partial charge >= 0.3 is 0 Å². The van der Waals surface area contributed by atoms with Gasteiger partial charge in [-0.05, 0) is 46.3 Å². The normalized spacial score (nSPS) is 17.9. The Kier molecular flexibility index (Phi) is 9.07. The summed E-state index contributed by atoms with van der Waals surface area (Å²) in [6, 6.07) is 0. The number of aliphatic imine (C=N–C) groups is 1. The highest BCUT2D eigenvalue weighted by Crippen LogP contribution is 2.35. The first kappa shape index (κ1) is 22.1. The minimum absolute atomic E-state index is 0.00400. The Labute approximate surface area is 157 Å². The summed E-state index contributed by atoms with van der Waals surface area (Å²) >= 11 is 1.98. The molecule has 1 heterocycles. The number of thioether (sulfide) groups is 1. The molecule has 0 saturated carbocycles. The second-order valence-corrected chi connectivity index (χ2v) is 9.28. The van der Waals surface area contributed by atoms with E-state index in [1.54, 1.807) is 0 Å². The maximum absolute atomic E-state index is 12.2. The second-order valence-electron chi connectivity index (χ2n) is 7.55. The van der Waals surface area contributed by atoms with Gasteiger partial charge < -0.3 is 20.3 Å². The van der Waals surface area contributed by atoms with Crippen molar-refractivity contribution < 1.29 is 9.53 Å². The molecule has 1 saturated heterocycles. The molecule has 0 spiro atoms. The number of nitrogens with one attached hydrogen (secondary N) is 2. The van der Waals surface area contributed by atoms with Gasteiger partial charge in [0.2, 0.25) is 5.91 Å². The molecule has 0 aromatic rings. The van der Waals surface area contributed by atoms with Crippen LogP contribution in [0.5, 0.6) is 0 Å². The SMILES string of the molecule is CCNC(=NCC1(SCC)CCOCC1)N(C)CC(=O)NC(C)(C)C. The van der Waals surface area contributed by atoms with Crippen molar-refractivity contribution in [3.63, 3.8) is 0 Å². The van der Waals surface area contributed by atoms with Crippen molar-refractivity contribution in [2.75, 3.05) is 45.6 Å². The fourth-order valence-electron chi connectivity index (χ4n) is 2.83. The summed E-state index contributed by atoms with van der Waals surface area (Å²) in [6.45, 7) is 13.6. The van der Waals surface area contributed by atoms with Crippen molar-refractivity contribution in [3.05, 3.63) is 0 Å². The van der Waals surface area contributed by atoms with Crippen molar-refractivity contribution in [1.29, 1.82) is 0 Å². The van der Waals surface area contributed by atoms with Crippen molar-refractivity contribution in [3.8, 4) is 0 Å². The highest BCUT2D eigenvalue weighted by molar-refractivity contribution is 8.00. The molecule has 1 aliphatic rings. The van der Waals surface area contributed by atoms with Crippen LogP contribution in [0.4, 0.5) is 0 Å². The summed E-state index contributed by atoms with van der Waals surface area (Å²) in [6.07, 6.45) is 2.06. The summed E-state index contributed by atoms with van der Waals surface area (Å²) in [5.74, 6) is 1.87. The molecule has 7 heteroatoms. The fourth-order valence-corrected chi connectivity index (χ4v) is 4.06. The topological polar surface area (TPSA) is 66.0 Å². The van der Waals surface area contributed by atoms with Gasteiger partial charge in [0.15, 0.2) is 5.96 Å². The molecular formula is C18H36N4O2S. The quantitative estimate of drug-likeness (QED) is 0.529. The number of guanidine groups is 1. The van der Waals surface area contributed by atoms with Crippen LogP contribution in [-0.4, -0.2) is 72.7 Å². The minimum Gasteiger partial charge on any atom is -0.381 e. The van der Waals surface area contributed by atoms with Crippen LogP contribution < -0.4 is 10.6 Å². The number of nitrogens with zero attached hydrogens (tertiary/aromatic N) is 2. The number of likely N-dealkylation sites (N-methyl/N-ethyl adjacent to an activating group) is 1. The van der Waals surface area contributed by atoms with Gasteiger partial charge in [0.1, 0.15) is 0 Å². The molecular weight excluding hydrogens is 336 g/mol. The largest absolute Gasteiger partial charge is 0.381 e. The van der Waals surface area contributed by atoms with Gasteiger partial charge in [-0.25, -0.2) is 0 Å². The van der Waals surface area contributed by atoms with E-state index in [1.165, 1.54) is 0 Å². The summed E-state index contributed by atoms with van der Waals surface area (Å²) in [5, 5.41) is 6.30. The molecule has 1 aliphatic heterocycles. The third-order valence-electron chi connectivity index (χ3n) is 3.96. The number of carbonyl (C=O) groups excluding carboxylic acids is 1. The van der Waals surface area contributed by atoms with E-state index in [2.05, 4.69) is 17.6 Å². The van der Waals surface area contributed by atoms with Crippen LogP contribution in [0.3, 0.4) is 0 Å². The molecule has 0 unspecified atom stereocenters. The zero-order valence-electron chi connectivity index (χ0n) is 16.8. The van der Waals surface area contributed by atoms with E-state index >= 15 is 0 Å². The Hall–Kier alpha value is -0.950. The van der Waals surface area contributed by atoms with E-state index < -0.39 is 0 Å². The van der Waals surface area contributed by atoms with E-state index in [0.717, 1.165) is 50.9 Å². The lowest BCUT2D eigenvalue weighted by molar-refractivity contribution is -0.122. The molecule has 0 bridgehead atoms. The first-order valence-electron chi connectivity index (χ1n) is 9.23. The van der Waals surface area contributed by atoms with E-state index in [0.29, 0.717) is 6.54 Å². The van der Waals surface area contributed by atoms with Gasteiger partial charge in [0.05, 0.1) is 13.1 Å². The molecule has 6 nitrogen and oxygen atoms in total. The highest BCUT2D eigenvalue weighted by Gasteiger charge is 2.32. The molecule has 146 valence electrons. The smallest absolute Gasteiger partial charge is 0.240 e. The van der Waals surface area contributed by atoms with Crippen LogP contribution in [0.1, 0.15) is 47.5 Å². The van der Waals surface area contributed by atoms with E-state index in [4.69, 9.17) is 9.73 Å². The predicted octanol–water partition coefficient (Wildman–Crippen LogP) is 2.10. The van der Waals surface area contributed by atoms with Crippen LogP contribution in [0.15, 0.2) is 4.99 Å². The van der Waals surface area contributed by atoms with Gasteiger partial charge in [-0.3, -0.25) is 9.79 Å². The van der Waals surface area contributed by atoms with Gasteiger partial charge in [0, 0.05) is 37.1 Å². The Morgan fingerprint density at radius 2 is 1.92 bits per heavy atom. The fraction of sp³-hybridized carbons (Fsp3) is 0.889. The average Bonchev–Trinajstić information content (AvgIpc) is 2.50. The van der Waals surface area contributed by atoms with E-state index in [-0.39, 0.29) is 16.2 Å². The molecule has 2 N–H and O–H groups in total. The zero-order valence-corrected chi connectivity index (χ0v) is 17.6. The number of amides is 1. The predicted molar refractivity (Wildman–Crippen MR) is 107 cm³/mol. The number of rotatable bonds is 7. The first-order chi connectivity index (χ1) is 11.7. The Balaban J connectivity index is 2.75. The van der Waals surface area contributed by atoms with Crippen LogP contribution in [0.2, 0.25) is 0 Å². The number of hydrogen-bond donors (Lipinski definition) is 2.